The molecule has 4 rings (SSSR count). The molecular formula is C20H15F3N3O3-. The molecule has 6 nitrogen and oxygen atoms in total. The van der Waals surface area contributed by atoms with E-state index in [4.69, 9.17) is 10.5 Å². The lowest BCUT2D eigenvalue weighted by molar-refractivity contribution is -0.137. The maximum atomic E-state index is 13.3. The van der Waals surface area contributed by atoms with Gasteiger partial charge in [0.2, 0.25) is 0 Å². The summed E-state index contributed by atoms with van der Waals surface area (Å²) in [4.78, 5) is 28.4. The standard InChI is InChI=1S/C20H15F3N3O3/c21-20(22,23)16-4-2-1-3-14(16)17-7-11-5-6-12(8-15(11)18(27)25-17)26-10-13(9-24)29-19(26)28/h1-8,13,24H,9-10H2,(H,25,27)/q-1/t13-/m1/s1. The first-order valence-electron chi connectivity index (χ1n) is 8.74. The first-order chi connectivity index (χ1) is 13.8. The molecule has 3 aromatic rings. The highest BCUT2D eigenvalue weighted by Gasteiger charge is 2.34. The first-order valence-corrected chi connectivity index (χ1v) is 8.74. The average Bonchev–Trinajstić information content (AvgIpc) is 3.08. The van der Waals surface area contributed by atoms with Gasteiger partial charge in [0.1, 0.15) is 6.10 Å². The molecular weight excluding hydrogens is 387 g/mol. The SMILES string of the molecule is [NH-]C[C@@H]1CN(c2ccc3cc(-c4ccccc4C(F)(F)F)[nH]c(=O)c3c2)C(=O)O1. The first kappa shape index (κ1) is 19.0. The Balaban J connectivity index is 1.79. The normalized spacial score (nSPS) is 17.0. The lowest BCUT2D eigenvalue weighted by Gasteiger charge is -2.15. The molecule has 0 radical (unpaired) electrons. The third-order valence-corrected chi connectivity index (χ3v) is 4.77. The summed E-state index contributed by atoms with van der Waals surface area (Å²) in [6.07, 6.45) is -5.71. The molecule has 0 spiro atoms. The van der Waals surface area contributed by atoms with Crippen molar-refractivity contribution in [2.24, 2.45) is 0 Å². The molecule has 2 aromatic carbocycles. The second-order valence-electron chi connectivity index (χ2n) is 6.65. The number of carbonyl (C=O) groups is 1. The van der Waals surface area contributed by atoms with Gasteiger partial charge < -0.3 is 15.5 Å². The molecule has 29 heavy (non-hydrogen) atoms. The van der Waals surface area contributed by atoms with Gasteiger partial charge in [-0.1, -0.05) is 24.3 Å². The van der Waals surface area contributed by atoms with Gasteiger partial charge in [0.15, 0.2) is 0 Å². The molecule has 0 aliphatic carbocycles. The third kappa shape index (κ3) is 3.44. The van der Waals surface area contributed by atoms with Crippen molar-refractivity contribution < 1.29 is 22.7 Å². The molecule has 2 heterocycles. The van der Waals surface area contributed by atoms with E-state index >= 15 is 0 Å². The second-order valence-corrected chi connectivity index (χ2v) is 6.65. The molecule has 0 saturated carbocycles. The number of carbonyl (C=O) groups excluding carboxylic acids is 1. The van der Waals surface area contributed by atoms with Gasteiger partial charge in [0, 0.05) is 22.3 Å². The number of amides is 1. The number of nitrogens with zero attached hydrogens (tertiary/aromatic N) is 1. The minimum atomic E-state index is -4.56. The van der Waals surface area contributed by atoms with Crippen LogP contribution in [0.15, 0.2) is 53.3 Å². The Hall–Kier alpha value is -3.33. The third-order valence-electron chi connectivity index (χ3n) is 4.77. The van der Waals surface area contributed by atoms with Crippen LogP contribution < -0.4 is 10.5 Å². The zero-order valence-electron chi connectivity index (χ0n) is 14.9. The number of alkyl halides is 3. The summed E-state index contributed by atoms with van der Waals surface area (Å²) in [5, 5.41) is 0.673. The van der Waals surface area contributed by atoms with Crippen LogP contribution >= 0.6 is 0 Å². The summed E-state index contributed by atoms with van der Waals surface area (Å²) in [7, 11) is 0. The van der Waals surface area contributed by atoms with E-state index in [1.54, 1.807) is 12.1 Å². The van der Waals surface area contributed by atoms with Gasteiger partial charge in [0.05, 0.1) is 12.1 Å². The van der Waals surface area contributed by atoms with E-state index in [0.717, 1.165) is 6.07 Å². The van der Waals surface area contributed by atoms with Crippen LogP contribution in [0, 0.1) is 0 Å². The fourth-order valence-electron chi connectivity index (χ4n) is 3.36. The Morgan fingerprint density at radius 1 is 1.14 bits per heavy atom. The van der Waals surface area contributed by atoms with E-state index in [1.807, 2.05) is 0 Å². The number of pyridine rings is 1. The number of hydrogen-bond acceptors (Lipinski definition) is 3. The topological polar surface area (TPSA) is 86.2 Å². The van der Waals surface area contributed by atoms with Crippen LogP contribution in [-0.4, -0.2) is 30.3 Å². The quantitative estimate of drug-likeness (QED) is 0.695. The molecule has 1 aliphatic rings. The lowest BCUT2D eigenvalue weighted by atomic mass is 10.0. The largest absolute Gasteiger partial charge is 0.674 e. The highest BCUT2D eigenvalue weighted by molar-refractivity contribution is 5.94. The molecule has 1 atom stereocenters. The number of aromatic nitrogens is 1. The van der Waals surface area contributed by atoms with Crippen LogP contribution in [0.4, 0.5) is 23.7 Å². The van der Waals surface area contributed by atoms with Crippen molar-refractivity contribution in [1.82, 2.24) is 4.98 Å². The fourth-order valence-corrected chi connectivity index (χ4v) is 3.36. The number of hydrogen-bond donors (Lipinski definition) is 1. The van der Waals surface area contributed by atoms with Crippen LogP contribution in [0.25, 0.3) is 27.8 Å². The molecule has 1 fully saturated rings. The van der Waals surface area contributed by atoms with Gasteiger partial charge in [-0.3, -0.25) is 9.69 Å². The number of rotatable bonds is 3. The molecule has 1 amide bonds. The van der Waals surface area contributed by atoms with E-state index in [9.17, 15) is 22.8 Å². The molecule has 150 valence electrons. The number of nitrogens with one attached hydrogen (secondary N) is 2. The molecule has 2 N–H and O–H groups in total. The Kier molecular flexibility index (Phi) is 4.54. The molecule has 0 bridgehead atoms. The minimum absolute atomic E-state index is 0.0537. The van der Waals surface area contributed by atoms with Crippen molar-refractivity contribution in [2.75, 3.05) is 18.0 Å². The van der Waals surface area contributed by atoms with Crippen LogP contribution in [-0.2, 0) is 10.9 Å². The predicted molar refractivity (Wildman–Crippen MR) is 102 cm³/mol. The molecule has 1 aliphatic heterocycles. The maximum absolute atomic E-state index is 13.3. The summed E-state index contributed by atoms with van der Waals surface area (Å²) in [6.45, 7) is 0.126. The highest BCUT2D eigenvalue weighted by atomic mass is 19.4. The van der Waals surface area contributed by atoms with Crippen molar-refractivity contribution >= 4 is 22.6 Å². The number of halogens is 3. The van der Waals surface area contributed by atoms with Crippen LogP contribution in [0.1, 0.15) is 5.56 Å². The van der Waals surface area contributed by atoms with Crippen molar-refractivity contribution in [3.8, 4) is 11.3 Å². The summed E-state index contributed by atoms with van der Waals surface area (Å²) in [5.74, 6) is 0. The van der Waals surface area contributed by atoms with Gasteiger partial charge in [-0.05, 0) is 29.7 Å². The second kappa shape index (κ2) is 6.93. The number of ether oxygens (including phenoxy) is 1. The summed E-state index contributed by atoms with van der Waals surface area (Å²) < 4.78 is 45.0. The average molecular weight is 402 g/mol. The lowest BCUT2D eigenvalue weighted by Crippen LogP contribution is -2.25. The predicted octanol–water partition coefficient (Wildman–Crippen LogP) is 4.59. The maximum Gasteiger partial charge on any atom is 0.417 e. The van der Waals surface area contributed by atoms with Gasteiger partial charge in [0.25, 0.3) is 5.56 Å². The van der Waals surface area contributed by atoms with Gasteiger partial charge in [-0.25, -0.2) is 4.79 Å². The van der Waals surface area contributed by atoms with E-state index in [1.165, 1.54) is 35.2 Å². The molecule has 0 unspecified atom stereocenters. The molecule has 9 heteroatoms. The van der Waals surface area contributed by atoms with E-state index in [-0.39, 0.29) is 29.7 Å². The number of anilines is 1. The molecule has 1 saturated heterocycles. The van der Waals surface area contributed by atoms with E-state index < -0.39 is 29.5 Å². The van der Waals surface area contributed by atoms with Crippen LogP contribution in [0.5, 0.6) is 0 Å². The Morgan fingerprint density at radius 2 is 1.90 bits per heavy atom. The Morgan fingerprint density at radius 3 is 2.59 bits per heavy atom. The number of H-pyrrole nitrogens is 1. The smallest absolute Gasteiger partial charge is 0.417 e. The minimum Gasteiger partial charge on any atom is -0.674 e. The van der Waals surface area contributed by atoms with Crippen LogP contribution in [0.3, 0.4) is 0 Å². The summed E-state index contributed by atoms with van der Waals surface area (Å²) in [5.41, 5.74) is 6.28. The number of aromatic amines is 1. The van der Waals surface area contributed by atoms with Crippen molar-refractivity contribution in [1.29, 1.82) is 0 Å². The summed E-state index contributed by atoms with van der Waals surface area (Å²) >= 11 is 0. The van der Waals surface area contributed by atoms with Crippen molar-refractivity contribution in [3.63, 3.8) is 0 Å². The fraction of sp³-hybridized carbons (Fsp3) is 0.200. The number of cyclic esters (lactones) is 1. The van der Waals surface area contributed by atoms with E-state index in [0.29, 0.717) is 11.1 Å². The molecule has 1 aromatic heterocycles. The highest BCUT2D eigenvalue weighted by Crippen LogP contribution is 2.36. The Labute approximate surface area is 162 Å². The monoisotopic (exact) mass is 402 g/mol. The number of benzene rings is 2. The van der Waals surface area contributed by atoms with E-state index in [2.05, 4.69) is 4.98 Å². The zero-order chi connectivity index (χ0) is 20.8. The Bertz CT molecular complexity index is 1160. The zero-order valence-corrected chi connectivity index (χ0v) is 14.9. The van der Waals surface area contributed by atoms with Gasteiger partial charge in [-0.15, -0.1) is 6.54 Å². The van der Waals surface area contributed by atoms with Crippen LogP contribution in [0.2, 0.25) is 0 Å². The van der Waals surface area contributed by atoms with Gasteiger partial charge in [-0.2, -0.15) is 13.2 Å². The van der Waals surface area contributed by atoms with Gasteiger partial charge >= 0.3 is 12.3 Å². The van der Waals surface area contributed by atoms with Crippen molar-refractivity contribution in [3.05, 3.63) is 70.2 Å². The summed E-state index contributed by atoms with van der Waals surface area (Å²) in [6, 6.07) is 11.1. The van der Waals surface area contributed by atoms with Crippen molar-refractivity contribution in [2.45, 2.75) is 12.3 Å². The number of fused-ring (bicyclic) bond motifs is 1.